The minimum Gasteiger partial charge on any atom is -0.326 e. The predicted molar refractivity (Wildman–Crippen MR) is 126 cm³/mol. The third-order valence-electron chi connectivity index (χ3n) is 4.88. The second-order valence-electron chi connectivity index (χ2n) is 7.26. The fraction of sp³-hybridized carbons (Fsp3) is 0.0769. The van der Waals surface area contributed by atoms with Gasteiger partial charge in [-0.2, -0.15) is 0 Å². The van der Waals surface area contributed by atoms with E-state index >= 15 is 0 Å². The van der Waals surface area contributed by atoms with Crippen molar-refractivity contribution in [3.8, 4) is 0 Å². The van der Waals surface area contributed by atoms with Crippen molar-refractivity contribution in [3.63, 3.8) is 0 Å². The predicted octanol–water partition coefficient (Wildman–Crippen LogP) is 5.92. The van der Waals surface area contributed by atoms with Crippen molar-refractivity contribution in [2.75, 3.05) is 10.2 Å². The van der Waals surface area contributed by atoms with E-state index in [9.17, 15) is 14.0 Å². The van der Waals surface area contributed by atoms with E-state index in [4.69, 9.17) is 0 Å². The monoisotopic (exact) mass is 444 g/mol. The van der Waals surface area contributed by atoms with Crippen LogP contribution < -0.4 is 10.2 Å². The van der Waals surface area contributed by atoms with E-state index in [1.807, 2.05) is 72.1 Å². The van der Waals surface area contributed by atoms with Crippen LogP contribution in [0.2, 0.25) is 0 Å². The van der Waals surface area contributed by atoms with Gasteiger partial charge in [0.15, 0.2) is 0 Å². The quantitative estimate of drug-likeness (QED) is 0.385. The summed E-state index contributed by atoms with van der Waals surface area (Å²) >= 11 is 1.40. The molecule has 1 heterocycles. The summed E-state index contributed by atoms with van der Waals surface area (Å²) < 4.78 is 13.1. The molecule has 1 aromatic heterocycles. The Hall–Kier alpha value is -3.77. The Morgan fingerprint density at radius 3 is 2.31 bits per heavy atom. The van der Waals surface area contributed by atoms with Crippen molar-refractivity contribution in [3.05, 3.63) is 118 Å². The van der Waals surface area contributed by atoms with Crippen molar-refractivity contribution in [1.82, 2.24) is 0 Å². The number of anilines is 2. The third-order valence-corrected chi connectivity index (χ3v) is 5.73. The van der Waals surface area contributed by atoms with Crippen molar-refractivity contribution < 1.29 is 14.0 Å². The molecule has 4 aromatic rings. The summed E-state index contributed by atoms with van der Waals surface area (Å²) in [6.45, 7) is 0.419. The van der Waals surface area contributed by atoms with Crippen LogP contribution in [-0.2, 0) is 17.8 Å². The van der Waals surface area contributed by atoms with E-state index in [0.29, 0.717) is 17.1 Å². The van der Waals surface area contributed by atoms with Gasteiger partial charge in [0, 0.05) is 11.4 Å². The lowest BCUT2D eigenvalue weighted by atomic mass is 10.1. The molecular formula is C26H21FN2O2S. The van der Waals surface area contributed by atoms with Crippen LogP contribution in [0.15, 0.2) is 96.4 Å². The van der Waals surface area contributed by atoms with Gasteiger partial charge in [0.2, 0.25) is 5.91 Å². The third kappa shape index (κ3) is 5.47. The smallest absolute Gasteiger partial charge is 0.268 e. The summed E-state index contributed by atoms with van der Waals surface area (Å²) in [5, 5.41) is 4.65. The molecule has 2 amide bonds. The van der Waals surface area contributed by atoms with Crippen LogP contribution in [0.1, 0.15) is 20.8 Å². The van der Waals surface area contributed by atoms with E-state index in [1.165, 1.54) is 35.6 Å². The van der Waals surface area contributed by atoms with Crippen LogP contribution in [0.5, 0.6) is 0 Å². The lowest BCUT2D eigenvalue weighted by Gasteiger charge is -2.23. The van der Waals surface area contributed by atoms with Crippen molar-refractivity contribution in [2.45, 2.75) is 13.0 Å². The summed E-state index contributed by atoms with van der Waals surface area (Å²) in [5.41, 5.74) is 3.04. The average molecular weight is 445 g/mol. The SMILES string of the molecule is O=C(Cc1cccc(N(Cc2ccccc2)C(=O)c2cccs2)c1)Nc1ccc(F)cc1. The summed E-state index contributed by atoms with van der Waals surface area (Å²) in [7, 11) is 0. The molecule has 0 saturated carbocycles. The molecule has 0 unspecified atom stereocenters. The normalized spacial score (nSPS) is 10.5. The standard InChI is InChI=1S/C26H21FN2O2S/c27-21-11-13-22(14-12-21)28-25(30)17-20-8-4-9-23(16-20)29(18-19-6-2-1-3-7-19)26(31)24-10-5-15-32-24/h1-16H,17-18H2,(H,28,30). The number of carbonyl (C=O) groups excluding carboxylic acids is 2. The minimum atomic E-state index is -0.357. The lowest BCUT2D eigenvalue weighted by molar-refractivity contribution is -0.115. The highest BCUT2D eigenvalue weighted by Crippen LogP contribution is 2.24. The number of halogens is 1. The summed E-state index contributed by atoms with van der Waals surface area (Å²) in [5.74, 6) is -0.658. The van der Waals surface area contributed by atoms with Gasteiger partial charge in [-0.1, -0.05) is 48.5 Å². The Bertz CT molecular complexity index is 1190. The van der Waals surface area contributed by atoms with Crippen LogP contribution >= 0.6 is 11.3 Å². The number of hydrogen-bond acceptors (Lipinski definition) is 3. The highest BCUT2D eigenvalue weighted by molar-refractivity contribution is 7.12. The zero-order valence-electron chi connectivity index (χ0n) is 17.2. The average Bonchev–Trinajstić information content (AvgIpc) is 3.34. The molecule has 1 N–H and O–H groups in total. The van der Waals surface area contributed by atoms with E-state index in [2.05, 4.69) is 5.32 Å². The van der Waals surface area contributed by atoms with Crippen LogP contribution in [0.25, 0.3) is 0 Å². The van der Waals surface area contributed by atoms with Gasteiger partial charge in [0.05, 0.1) is 17.8 Å². The molecule has 0 spiro atoms. The number of rotatable bonds is 7. The van der Waals surface area contributed by atoms with Gasteiger partial charge in [-0.3, -0.25) is 9.59 Å². The van der Waals surface area contributed by atoms with Crippen LogP contribution in [0, 0.1) is 5.82 Å². The van der Waals surface area contributed by atoms with E-state index < -0.39 is 0 Å². The maximum Gasteiger partial charge on any atom is 0.268 e. The number of hydrogen-bond donors (Lipinski definition) is 1. The Labute approximate surface area is 190 Å². The Kier molecular flexibility index (Phi) is 6.72. The van der Waals surface area contributed by atoms with Crippen molar-refractivity contribution in [2.24, 2.45) is 0 Å². The zero-order valence-corrected chi connectivity index (χ0v) is 18.0. The molecule has 0 aliphatic carbocycles. The molecule has 0 radical (unpaired) electrons. The lowest BCUT2D eigenvalue weighted by Crippen LogP contribution is -2.30. The summed E-state index contributed by atoms with van der Waals surface area (Å²) in [6, 6.07) is 26.5. The number of carbonyl (C=O) groups is 2. The molecule has 6 heteroatoms. The van der Waals surface area contributed by atoms with Gasteiger partial charge in [0.1, 0.15) is 5.82 Å². The number of nitrogens with one attached hydrogen (secondary N) is 1. The first kappa shape index (κ1) is 21.5. The van der Waals surface area contributed by atoms with E-state index in [-0.39, 0.29) is 24.1 Å². The molecule has 32 heavy (non-hydrogen) atoms. The largest absolute Gasteiger partial charge is 0.326 e. The van der Waals surface area contributed by atoms with E-state index in [1.54, 1.807) is 4.90 Å². The van der Waals surface area contributed by atoms with Crippen LogP contribution in [0.4, 0.5) is 15.8 Å². The summed E-state index contributed by atoms with van der Waals surface area (Å²) in [4.78, 5) is 28.1. The highest BCUT2D eigenvalue weighted by atomic mass is 32.1. The molecule has 0 atom stereocenters. The molecule has 4 nitrogen and oxygen atoms in total. The van der Waals surface area contributed by atoms with Crippen molar-refractivity contribution in [1.29, 1.82) is 0 Å². The number of nitrogens with zero attached hydrogens (tertiary/aromatic N) is 1. The van der Waals surface area contributed by atoms with Gasteiger partial charge < -0.3 is 10.2 Å². The molecule has 0 fully saturated rings. The molecule has 0 bridgehead atoms. The zero-order chi connectivity index (χ0) is 22.3. The molecule has 160 valence electrons. The molecular weight excluding hydrogens is 423 g/mol. The number of benzene rings is 3. The Balaban J connectivity index is 1.55. The van der Waals surface area contributed by atoms with Crippen molar-refractivity contribution >= 4 is 34.5 Å². The van der Waals surface area contributed by atoms with Gasteiger partial charge in [-0.05, 0) is 59.0 Å². The minimum absolute atomic E-state index is 0.0863. The van der Waals surface area contributed by atoms with Crippen LogP contribution in [0.3, 0.4) is 0 Å². The van der Waals surface area contributed by atoms with Gasteiger partial charge >= 0.3 is 0 Å². The highest BCUT2D eigenvalue weighted by Gasteiger charge is 2.19. The van der Waals surface area contributed by atoms with E-state index in [0.717, 1.165) is 16.8 Å². The number of amides is 2. The molecule has 0 aliphatic heterocycles. The second kappa shape index (κ2) is 10.0. The van der Waals surface area contributed by atoms with Gasteiger partial charge in [-0.25, -0.2) is 4.39 Å². The number of thiophene rings is 1. The molecule has 3 aromatic carbocycles. The van der Waals surface area contributed by atoms with Gasteiger partial charge in [-0.15, -0.1) is 11.3 Å². The maximum absolute atomic E-state index is 13.2. The fourth-order valence-corrected chi connectivity index (χ4v) is 4.01. The first-order valence-corrected chi connectivity index (χ1v) is 11.0. The molecule has 0 aliphatic rings. The van der Waals surface area contributed by atoms with Crippen LogP contribution in [-0.4, -0.2) is 11.8 Å². The fourth-order valence-electron chi connectivity index (χ4n) is 3.34. The molecule has 0 saturated heterocycles. The second-order valence-corrected chi connectivity index (χ2v) is 8.20. The maximum atomic E-state index is 13.2. The first-order chi connectivity index (χ1) is 15.6. The van der Waals surface area contributed by atoms with Gasteiger partial charge in [0.25, 0.3) is 5.91 Å². The summed E-state index contributed by atoms with van der Waals surface area (Å²) in [6.07, 6.45) is 0.136. The molecule has 4 rings (SSSR count). The Morgan fingerprint density at radius 2 is 1.59 bits per heavy atom. The topological polar surface area (TPSA) is 49.4 Å². The first-order valence-electron chi connectivity index (χ1n) is 10.1. The Morgan fingerprint density at radius 1 is 0.844 bits per heavy atom.